The van der Waals surface area contributed by atoms with Crippen molar-refractivity contribution in [1.82, 2.24) is 0 Å². The molecule has 2 aromatic rings. The highest BCUT2D eigenvalue weighted by Gasteiger charge is 2.08. The Morgan fingerprint density at radius 2 is 1.71 bits per heavy atom. The zero-order valence-electron chi connectivity index (χ0n) is 12.2. The Hall–Kier alpha value is -2.04. The molecule has 21 heavy (non-hydrogen) atoms. The van der Waals surface area contributed by atoms with E-state index < -0.39 is 6.10 Å². The van der Waals surface area contributed by atoms with Gasteiger partial charge in [-0.15, -0.1) is 0 Å². The molecule has 4 heteroatoms. The number of benzene rings is 2. The molecule has 3 N–H and O–H groups in total. The summed E-state index contributed by atoms with van der Waals surface area (Å²) in [4.78, 5) is 0. The minimum absolute atomic E-state index is 0.192. The average molecular weight is 287 g/mol. The molecule has 0 bridgehead atoms. The van der Waals surface area contributed by atoms with E-state index in [9.17, 15) is 5.11 Å². The summed E-state index contributed by atoms with van der Waals surface area (Å²) in [5.41, 5.74) is 7.40. The Balaban J connectivity index is 1.93. The minimum Gasteiger partial charge on any atom is -0.494 e. The number of aliphatic hydroxyl groups is 1. The second-order valence-electron chi connectivity index (χ2n) is 4.68. The molecule has 2 aromatic carbocycles. The van der Waals surface area contributed by atoms with Gasteiger partial charge in [0.25, 0.3) is 0 Å². The summed E-state index contributed by atoms with van der Waals surface area (Å²) >= 11 is 0. The standard InChI is InChI=1S/C17H21NO3/c1-2-20-15-4-3-5-16(10-15)21-12-17(19)14-8-6-13(11-18)7-9-14/h3-10,17,19H,2,11-12,18H2,1H3. The molecule has 112 valence electrons. The van der Waals surface area contributed by atoms with Crippen LogP contribution in [0.15, 0.2) is 48.5 Å². The zero-order chi connectivity index (χ0) is 15.1. The molecule has 0 saturated carbocycles. The first-order valence-electron chi connectivity index (χ1n) is 7.05. The van der Waals surface area contributed by atoms with Crippen molar-refractivity contribution in [1.29, 1.82) is 0 Å². The van der Waals surface area contributed by atoms with E-state index >= 15 is 0 Å². The number of nitrogens with two attached hydrogens (primary N) is 1. The van der Waals surface area contributed by atoms with Crippen molar-refractivity contribution in [3.8, 4) is 11.5 Å². The lowest BCUT2D eigenvalue weighted by Crippen LogP contribution is -2.10. The highest BCUT2D eigenvalue weighted by Crippen LogP contribution is 2.21. The number of rotatable bonds is 7. The lowest BCUT2D eigenvalue weighted by atomic mass is 10.1. The van der Waals surface area contributed by atoms with Crippen LogP contribution in [0.3, 0.4) is 0 Å². The largest absolute Gasteiger partial charge is 0.494 e. The van der Waals surface area contributed by atoms with E-state index in [1.807, 2.05) is 55.5 Å². The van der Waals surface area contributed by atoms with Gasteiger partial charge in [-0.1, -0.05) is 30.3 Å². The molecule has 0 saturated heterocycles. The van der Waals surface area contributed by atoms with E-state index in [-0.39, 0.29) is 6.61 Å². The Labute approximate surface area is 125 Å². The number of aliphatic hydroxyl groups excluding tert-OH is 1. The Bertz CT molecular complexity index is 554. The van der Waals surface area contributed by atoms with Crippen LogP contribution in [0.25, 0.3) is 0 Å². The fourth-order valence-corrected chi connectivity index (χ4v) is 1.97. The molecule has 0 amide bonds. The van der Waals surface area contributed by atoms with Crippen LogP contribution in [0, 0.1) is 0 Å². The zero-order valence-corrected chi connectivity index (χ0v) is 12.2. The van der Waals surface area contributed by atoms with Crippen LogP contribution in [0.4, 0.5) is 0 Å². The third-order valence-corrected chi connectivity index (χ3v) is 3.12. The van der Waals surface area contributed by atoms with Gasteiger partial charge in [-0.2, -0.15) is 0 Å². The molecule has 4 nitrogen and oxygen atoms in total. The van der Waals surface area contributed by atoms with Crippen molar-refractivity contribution in [3.63, 3.8) is 0 Å². The van der Waals surface area contributed by atoms with Crippen molar-refractivity contribution >= 4 is 0 Å². The molecule has 0 aromatic heterocycles. The first-order valence-corrected chi connectivity index (χ1v) is 7.05. The molecular formula is C17H21NO3. The molecule has 0 spiro atoms. The number of ether oxygens (including phenoxy) is 2. The second-order valence-corrected chi connectivity index (χ2v) is 4.68. The second kappa shape index (κ2) is 7.67. The van der Waals surface area contributed by atoms with E-state index in [1.165, 1.54) is 0 Å². The van der Waals surface area contributed by atoms with Crippen molar-refractivity contribution in [2.45, 2.75) is 19.6 Å². The predicted molar refractivity (Wildman–Crippen MR) is 82.4 cm³/mol. The maximum Gasteiger partial charge on any atom is 0.123 e. The summed E-state index contributed by atoms with van der Waals surface area (Å²) < 4.78 is 11.0. The third-order valence-electron chi connectivity index (χ3n) is 3.12. The minimum atomic E-state index is -0.674. The Morgan fingerprint density at radius 3 is 2.33 bits per heavy atom. The maximum atomic E-state index is 10.1. The van der Waals surface area contributed by atoms with Gasteiger partial charge in [0.1, 0.15) is 24.2 Å². The van der Waals surface area contributed by atoms with E-state index in [2.05, 4.69) is 0 Å². The molecule has 0 radical (unpaired) electrons. The van der Waals surface area contributed by atoms with Gasteiger partial charge in [0.2, 0.25) is 0 Å². The van der Waals surface area contributed by atoms with Crippen LogP contribution in [0.2, 0.25) is 0 Å². The SMILES string of the molecule is CCOc1cccc(OCC(O)c2ccc(CN)cc2)c1. The highest BCUT2D eigenvalue weighted by atomic mass is 16.5. The highest BCUT2D eigenvalue weighted by molar-refractivity contribution is 5.33. The van der Waals surface area contributed by atoms with Crippen LogP contribution in [-0.2, 0) is 6.54 Å². The van der Waals surface area contributed by atoms with E-state index in [1.54, 1.807) is 0 Å². The van der Waals surface area contributed by atoms with E-state index in [4.69, 9.17) is 15.2 Å². The molecule has 1 atom stereocenters. The summed E-state index contributed by atoms with van der Waals surface area (Å²) in [6.45, 7) is 3.23. The Morgan fingerprint density at radius 1 is 1.05 bits per heavy atom. The van der Waals surface area contributed by atoms with Crippen LogP contribution in [0.1, 0.15) is 24.2 Å². The van der Waals surface area contributed by atoms with E-state index in [0.717, 1.165) is 16.9 Å². The smallest absolute Gasteiger partial charge is 0.123 e. The molecule has 0 fully saturated rings. The molecular weight excluding hydrogens is 266 g/mol. The molecule has 0 aliphatic heterocycles. The number of hydrogen-bond donors (Lipinski definition) is 2. The van der Waals surface area contributed by atoms with Gasteiger partial charge in [0, 0.05) is 12.6 Å². The molecule has 0 aliphatic carbocycles. The molecule has 0 heterocycles. The average Bonchev–Trinajstić information content (AvgIpc) is 2.53. The quantitative estimate of drug-likeness (QED) is 0.821. The topological polar surface area (TPSA) is 64.7 Å². The van der Waals surface area contributed by atoms with Crippen LogP contribution in [-0.4, -0.2) is 18.3 Å². The van der Waals surface area contributed by atoms with Gasteiger partial charge in [0.05, 0.1) is 6.61 Å². The van der Waals surface area contributed by atoms with Gasteiger partial charge < -0.3 is 20.3 Å². The normalized spacial score (nSPS) is 12.0. The summed E-state index contributed by atoms with van der Waals surface area (Å²) in [5, 5.41) is 10.1. The Kier molecular flexibility index (Phi) is 5.60. The van der Waals surface area contributed by atoms with Crippen molar-refractivity contribution in [2.24, 2.45) is 5.73 Å². The number of hydrogen-bond acceptors (Lipinski definition) is 4. The first kappa shape index (κ1) is 15.4. The van der Waals surface area contributed by atoms with Crippen molar-refractivity contribution < 1.29 is 14.6 Å². The van der Waals surface area contributed by atoms with Crippen molar-refractivity contribution in [2.75, 3.05) is 13.2 Å². The third kappa shape index (κ3) is 4.48. The summed E-state index contributed by atoms with van der Waals surface area (Å²) in [6, 6.07) is 14.9. The van der Waals surface area contributed by atoms with Gasteiger partial charge in [-0.05, 0) is 30.2 Å². The molecule has 2 rings (SSSR count). The molecule has 1 unspecified atom stereocenters. The maximum absolute atomic E-state index is 10.1. The monoisotopic (exact) mass is 287 g/mol. The lowest BCUT2D eigenvalue weighted by Gasteiger charge is -2.14. The summed E-state index contributed by atoms with van der Waals surface area (Å²) in [7, 11) is 0. The lowest BCUT2D eigenvalue weighted by molar-refractivity contribution is 0.108. The fraction of sp³-hybridized carbons (Fsp3) is 0.294. The van der Waals surface area contributed by atoms with Gasteiger partial charge in [-0.25, -0.2) is 0 Å². The van der Waals surface area contributed by atoms with Gasteiger partial charge in [-0.3, -0.25) is 0 Å². The predicted octanol–water partition coefficient (Wildman–Crippen LogP) is 2.66. The first-order chi connectivity index (χ1) is 10.2. The van der Waals surface area contributed by atoms with Crippen LogP contribution in [0.5, 0.6) is 11.5 Å². The summed E-state index contributed by atoms with van der Waals surface area (Å²) in [5.74, 6) is 1.44. The van der Waals surface area contributed by atoms with E-state index in [0.29, 0.717) is 18.9 Å². The van der Waals surface area contributed by atoms with Gasteiger partial charge >= 0.3 is 0 Å². The van der Waals surface area contributed by atoms with Crippen molar-refractivity contribution in [3.05, 3.63) is 59.7 Å². The van der Waals surface area contributed by atoms with Gasteiger partial charge in [0.15, 0.2) is 0 Å². The van der Waals surface area contributed by atoms with Crippen LogP contribution >= 0.6 is 0 Å². The van der Waals surface area contributed by atoms with Crippen LogP contribution < -0.4 is 15.2 Å². The fourth-order valence-electron chi connectivity index (χ4n) is 1.97. The summed E-state index contributed by atoms with van der Waals surface area (Å²) in [6.07, 6.45) is -0.674. The molecule has 0 aliphatic rings.